The Morgan fingerprint density at radius 1 is 1.28 bits per heavy atom. The number of nitrogens with zero attached hydrogens (tertiary/aromatic N) is 1. The van der Waals surface area contributed by atoms with E-state index in [-0.39, 0.29) is 23.8 Å². The van der Waals surface area contributed by atoms with Crippen LogP contribution in [-0.4, -0.2) is 49.1 Å². The normalized spacial score (nSPS) is 25.2. The molecule has 0 saturated carbocycles. The minimum absolute atomic E-state index is 0.0574. The molecule has 1 N–H and O–H groups in total. The molecular formula is C13H22N2O3. The minimum atomic E-state index is 0.0574. The molecule has 18 heavy (non-hydrogen) atoms. The number of nitrogens with one attached hydrogen (secondary N) is 1. The van der Waals surface area contributed by atoms with Gasteiger partial charge < -0.3 is 15.0 Å². The Bertz CT molecular complexity index is 305. The van der Waals surface area contributed by atoms with Crippen LogP contribution in [0.2, 0.25) is 0 Å². The molecule has 102 valence electrons. The summed E-state index contributed by atoms with van der Waals surface area (Å²) < 4.78 is 5.47. The van der Waals surface area contributed by atoms with Gasteiger partial charge in [-0.1, -0.05) is 0 Å². The lowest BCUT2D eigenvalue weighted by atomic mass is 9.96. The molecule has 5 nitrogen and oxygen atoms in total. The average Bonchev–Trinajstić information content (AvgIpc) is 2.89. The maximum Gasteiger partial charge on any atom is 0.223 e. The smallest absolute Gasteiger partial charge is 0.223 e. The summed E-state index contributed by atoms with van der Waals surface area (Å²) >= 11 is 0. The zero-order chi connectivity index (χ0) is 13.0. The molecule has 2 amide bonds. The standard InChI is InChI=1S/C13H22N2O3/c1-10(16)15-6-4-11(5-7-15)13(17)14-9-12-3-2-8-18-12/h11-12H,2-9H2,1H3,(H,14,17). The van der Waals surface area contributed by atoms with Crippen LogP contribution in [0.1, 0.15) is 32.6 Å². The van der Waals surface area contributed by atoms with Crippen molar-refractivity contribution in [1.82, 2.24) is 10.2 Å². The van der Waals surface area contributed by atoms with E-state index < -0.39 is 0 Å². The van der Waals surface area contributed by atoms with Crippen LogP contribution in [0.4, 0.5) is 0 Å². The van der Waals surface area contributed by atoms with Gasteiger partial charge in [-0.3, -0.25) is 9.59 Å². The van der Waals surface area contributed by atoms with Crippen LogP contribution in [0.15, 0.2) is 0 Å². The van der Waals surface area contributed by atoms with Gasteiger partial charge in [0.15, 0.2) is 0 Å². The second-order valence-electron chi connectivity index (χ2n) is 5.16. The topological polar surface area (TPSA) is 58.6 Å². The predicted octanol–water partition coefficient (Wildman–Crippen LogP) is 0.540. The van der Waals surface area contributed by atoms with E-state index in [0.29, 0.717) is 19.6 Å². The van der Waals surface area contributed by atoms with Crippen molar-refractivity contribution in [2.24, 2.45) is 5.92 Å². The Balaban J connectivity index is 1.68. The molecule has 0 aromatic carbocycles. The first-order valence-electron chi connectivity index (χ1n) is 6.81. The Morgan fingerprint density at radius 2 is 2.00 bits per heavy atom. The molecule has 0 aromatic heterocycles. The minimum Gasteiger partial charge on any atom is -0.376 e. The molecule has 0 aromatic rings. The van der Waals surface area contributed by atoms with Crippen molar-refractivity contribution in [2.45, 2.75) is 38.7 Å². The van der Waals surface area contributed by atoms with Crippen LogP contribution >= 0.6 is 0 Å². The maximum atomic E-state index is 12.0. The van der Waals surface area contributed by atoms with Crippen LogP contribution in [-0.2, 0) is 14.3 Å². The molecule has 0 spiro atoms. The lowest BCUT2D eigenvalue weighted by molar-refractivity contribution is -0.134. The van der Waals surface area contributed by atoms with Crippen LogP contribution in [0, 0.1) is 5.92 Å². The van der Waals surface area contributed by atoms with Gasteiger partial charge >= 0.3 is 0 Å². The second-order valence-corrected chi connectivity index (χ2v) is 5.16. The number of hydrogen-bond acceptors (Lipinski definition) is 3. The van der Waals surface area contributed by atoms with E-state index in [4.69, 9.17) is 4.74 Å². The van der Waals surface area contributed by atoms with Gasteiger partial charge in [-0.2, -0.15) is 0 Å². The number of carbonyl (C=O) groups is 2. The molecule has 2 heterocycles. The third-order valence-corrected chi connectivity index (χ3v) is 3.84. The van der Waals surface area contributed by atoms with Crippen molar-refractivity contribution in [2.75, 3.05) is 26.2 Å². The lowest BCUT2D eigenvalue weighted by Gasteiger charge is -2.30. The maximum absolute atomic E-state index is 12.0. The summed E-state index contributed by atoms with van der Waals surface area (Å²) in [6.45, 7) is 4.43. The van der Waals surface area contributed by atoms with Crippen LogP contribution in [0.3, 0.4) is 0 Å². The van der Waals surface area contributed by atoms with Gasteiger partial charge in [-0.15, -0.1) is 0 Å². The lowest BCUT2D eigenvalue weighted by Crippen LogP contribution is -2.43. The highest BCUT2D eigenvalue weighted by Gasteiger charge is 2.26. The molecule has 1 atom stereocenters. The number of carbonyl (C=O) groups excluding carboxylic acids is 2. The number of piperidine rings is 1. The largest absolute Gasteiger partial charge is 0.376 e. The van der Waals surface area contributed by atoms with Gasteiger partial charge in [0.05, 0.1) is 6.10 Å². The van der Waals surface area contributed by atoms with E-state index in [9.17, 15) is 9.59 Å². The number of ether oxygens (including phenoxy) is 1. The van der Waals surface area contributed by atoms with Gasteiger partial charge in [0.25, 0.3) is 0 Å². The molecule has 0 bridgehead atoms. The summed E-state index contributed by atoms with van der Waals surface area (Å²) in [5.74, 6) is 0.281. The van der Waals surface area contributed by atoms with Crippen LogP contribution in [0.5, 0.6) is 0 Å². The van der Waals surface area contributed by atoms with Crippen molar-refractivity contribution in [3.05, 3.63) is 0 Å². The zero-order valence-corrected chi connectivity index (χ0v) is 11.0. The van der Waals surface area contributed by atoms with E-state index in [1.54, 1.807) is 6.92 Å². The van der Waals surface area contributed by atoms with Gasteiger partial charge in [0.2, 0.25) is 11.8 Å². The van der Waals surface area contributed by atoms with E-state index >= 15 is 0 Å². The Morgan fingerprint density at radius 3 is 2.56 bits per heavy atom. The molecular weight excluding hydrogens is 232 g/mol. The summed E-state index contributed by atoms with van der Waals surface area (Å²) in [6.07, 6.45) is 3.89. The van der Waals surface area contributed by atoms with Crippen molar-refractivity contribution in [3.8, 4) is 0 Å². The predicted molar refractivity (Wildman–Crippen MR) is 67.0 cm³/mol. The molecule has 0 radical (unpaired) electrons. The van der Waals surface area contributed by atoms with Gasteiger partial charge in [-0.05, 0) is 25.7 Å². The summed E-state index contributed by atoms with van der Waals surface area (Å²) in [7, 11) is 0. The summed E-state index contributed by atoms with van der Waals surface area (Å²) in [4.78, 5) is 25.0. The molecule has 0 aliphatic carbocycles. The molecule has 2 saturated heterocycles. The molecule has 2 rings (SSSR count). The Kier molecular flexibility index (Phi) is 4.58. The molecule has 5 heteroatoms. The van der Waals surface area contributed by atoms with Gasteiger partial charge in [0, 0.05) is 39.1 Å². The molecule has 2 aliphatic rings. The summed E-state index contributed by atoms with van der Waals surface area (Å²) in [5.41, 5.74) is 0. The SMILES string of the molecule is CC(=O)N1CCC(C(=O)NCC2CCCO2)CC1. The third kappa shape index (κ3) is 3.45. The van der Waals surface area contributed by atoms with Crippen molar-refractivity contribution < 1.29 is 14.3 Å². The van der Waals surface area contributed by atoms with Crippen LogP contribution < -0.4 is 5.32 Å². The fourth-order valence-electron chi connectivity index (χ4n) is 2.62. The number of hydrogen-bond donors (Lipinski definition) is 1. The zero-order valence-electron chi connectivity index (χ0n) is 11.0. The summed E-state index contributed by atoms with van der Waals surface area (Å²) in [6, 6.07) is 0. The first kappa shape index (κ1) is 13.3. The van der Waals surface area contributed by atoms with Crippen molar-refractivity contribution in [3.63, 3.8) is 0 Å². The van der Waals surface area contributed by atoms with Crippen molar-refractivity contribution >= 4 is 11.8 Å². The first-order chi connectivity index (χ1) is 8.66. The highest BCUT2D eigenvalue weighted by atomic mass is 16.5. The summed E-state index contributed by atoms with van der Waals surface area (Å²) in [5, 5.41) is 2.97. The van der Waals surface area contributed by atoms with E-state index in [1.165, 1.54) is 0 Å². The van der Waals surface area contributed by atoms with E-state index in [1.807, 2.05) is 4.90 Å². The number of amides is 2. The van der Waals surface area contributed by atoms with E-state index in [2.05, 4.69) is 5.32 Å². The average molecular weight is 254 g/mol. The highest BCUT2D eigenvalue weighted by Crippen LogP contribution is 2.18. The molecule has 1 unspecified atom stereocenters. The number of rotatable bonds is 3. The van der Waals surface area contributed by atoms with Crippen LogP contribution in [0.25, 0.3) is 0 Å². The molecule has 2 aliphatic heterocycles. The highest BCUT2D eigenvalue weighted by molar-refractivity contribution is 5.79. The molecule has 2 fully saturated rings. The third-order valence-electron chi connectivity index (χ3n) is 3.84. The first-order valence-corrected chi connectivity index (χ1v) is 6.81. The fourth-order valence-corrected chi connectivity index (χ4v) is 2.62. The van der Waals surface area contributed by atoms with Crippen molar-refractivity contribution in [1.29, 1.82) is 0 Å². The quantitative estimate of drug-likeness (QED) is 0.799. The van der Waals surface area contributed by atoms with E-state index in [0.717, 1.165) is 32.3 Å². The fraction of sp³-hybridized carbons (Fsp3) is 0.846. The van der Waals surface area contributed by atoms with Gasteiger partial charge in [-0.25, -0.2) is 0 Å². The monoisotopic (exact) mass is 254 g/mol. The van der Waals surface area contributed by atoms with Gasteiger partial charge in [0.1, 0.15) is 0 Å². The number of likely N-dealkylation sites (tertiary alicyclic amines) is 1. The Hall–Kier alpha value is -1.10. The Labute approximate surface area is 108 Å². The second kappa shape index (κ2) is 6.18.